The molecule has 1 aliphatic rings. The predicted molar refractivity (Wildman–Crippen MR) is 131 cm³/mol. The number of halogens is 1. The van der Waals surface area contributed by atoms with Crippen molar-refractivity contribution in [3.05, 3.63) is 59.2 Å². The van der Waals surface area contributed by atoms with Crippen LogP contribution in [0.2, 0.25) is 0 Å². The van der Waals surface area contributed by atoms with Gasteiger partial charge in [0.05, 0.1) is 17.2 Å². The summed E-state index contributed by atoms with van der Waals surface area (Å²) in [5, 5.41) is 3.05. The van der Waals surface area contributed by atoms with Crippen molar-refractivity contribution in [2.45, 2.75) is 50.3 Å². The minimum absolute atomic E-state index is 0. The van der Waals surface area contributed by atoms with Crippen molar-refractivity contribution >= 4 is 45.5 Å². The molecule has 2 aromatic rings. The number of anilines is 1. The Bertz CT molecular complexity index is 978. The third kappa shape index (κ3) is 6.18. The smallest absolute Gasteiger partial charge is 0.193 e. The number of fused-ring (bicyclic) bond motifs is 1. The van der Waals surface area contributed by atoms with Gasteiger partial charge in [0.25, 0.3) is 0 Å². The van der Waals surface area contributed by atoms with Gasteiger partial charge in [0.2, 0.25) is 0 Å². The van der Waals surface area contributed by atoms with Gasteiger partial charge in [0.15, 0.2) is 15.8 Å². The molecule has 29 heavy (non-hydrogen) atoms. The maximum absolute atomic E-state index is 12.5. The van der Waals surface area contributed by atoms with Crippen LogP contribution in [0.1, 0.15) is 43.9 Å². The van der Waals surface area contributed by atoms with Crippen LogP contribution in [0, 0.1) is 0 Å². The number of hydrogen-bond acceptors (Lipinski definition) is 3. The highest BCUT2D eigenvalue weighted by Gasteiger charge is 2.17. The van der Waals surface area contributed by atoms with E-state index in [2.05, 4.69) is 43.2 Å². The number of rotatable bonds is 5. The summed E-state index contributed by atoms with van der Waals surface area (Å²) >= 11 is 0. The molecule has 2 aromatic carbocycles. The highest BCUT2D eigenvalue weighted by Crippen LogP contribution is 2.25. The Kier molecular flexibility index (Phi) is 7.73. The van der Waals surface area contributed by atoms with E-state index < -0.39 is 9.84 Å². The van der Waals surface area contributed by atoms with E-state index in [1.54, 1.807) is 12.1 Å². The average molecular weight is 527 g/mol. The molecule has 0 saturated carbocycles. The lowest BCUT2D eigenvalue weighted by Crippen LogP contribution is -2.24. The molecule has 0 atom stereocenters. The van der Waals surface area contributed by atoms with E-state index in [1.807, 2.05) is 18.2 Å². The summed E-state index contributed by atoms with van der Waals surface area (Å²) in [4.78, 5) is 4.50. The largest absolute Gasteiger partial charge is 0.370 e. The molecule has 0 radical (unpaired) electrons. The van der Waals surface area contributed by atoms with Crippen molar-refractivity contribution in [3.63, 3.8) is 0 Å². The standard InChI is InChI=1S/C22H29N3O2S.HI/c1-22(2,3)18-8-11-20(12-9-18)28(26,27)14-13-24-21(23)25-19-10-7-16-5-4-6-17(16)15-19;/h7-12,15H,4-6,13-14H2,1-3H3,(H3,23,24,25);1H. The number of guanidine groups is 1. The van der Waals surface area contributed by atoms with Crippen LogP contribution in [0.3, 0.4) is 0 Å². The lowest BCUT2D eigenvalue weighted by Gasteiger charge is -2.19. The van der Waals surface area contributed by atoms with E-state index in [9.17, 15) is 8.42 Å². The number of nitrogens with two attached hydrogens (primary N) is 1. The van der Waals surface area contributed by atoms with E-state index in [0.717, 1.165) is 24.1 Å². The molecule has 1 aliphatic carbocycles. The Labute approximate surface area is 191 Å². The van der Waals surface area contributed by atoms with Gasteiger partial charge >= 0.3 is 0 Å². The predicted octanol–water partition coefficient (Wildman–Crippen LogP) is 4.29. The number of sulfone groups is 1. The zero-order chi connectivity index (χ0) is 20.4. The number of nitrogens with one attached hydrogen (secondary N) is 1. The first kappa shape index (κ1) is 23.7. The molecule has 0 aromatic heterocycles. The van der Waals surface area contributed by atoms with Gasteiger partial charge in [-0.3, -0.25) is 4.99 Å². The molecule has 0 fully saturated rings. The molecule has 158 valence electrons. The van der Waals surface area contributed by atoms with Crippen LogP contribution < -0.4 is 11.1 Å². The second-order valence-electron chi connectivity index (χ2n) is 8.32. The van der Waals surface area contributed by atoms with Crippen LogP contribution in [0.5, 0.6) is 0 Å². The van der Waals surface area contributed by atoms with Crippen molar-refractivity contribution in [1.29, 1.82) is 0 Å². The van der Waals surface area contributed by atoms with Crippen LogP contribution in [0.15, 0.2) is 52.4 Å². The summed E-state index contributed by atoms with van der Waals surface area (Å²) in [5.74, 6) is 0.158. The van der Waals surface area contributed by atoms with Crippen LogP contribution in [-0.2, 0) is 28.1 Å². The quantitative estimate of drug-likeness (QED) is 0.345. The Morgan fingerprint density at radius 1 is 1.07 bits per heavy atom. The summed E-state index contributed by atoms with van der Waals surface area (Å²) in [6.07, 6.45) is 3.42. The third-order valence-corrected chi connectivity index (χ3v) is 6.80. The monoisotopic (exact) mass is 527 g/mol. The molecule has 0 bridgehead atoms. The lowest BCUT2D eigenvalue weighted by molar-refractivity contribution is 0.586. The molecule has 0 spiro atoms. The molecule has 0 saturated heterocycles. The fraction of sp³-hybridized carbons (Fsp3) is 0.409. The van der Waals surface area contributed by atoms with E-state index in [4.69, 9.17) is 5.73 Å². The summed E-state index contributed by atoms with van der Waals surface area (Å²) in [5.41, 5.74) is 10.7. The van der Waals surface area contributed by atoms with E-state index >= 15 is 0 Å². The van der Waals surface area contributed by atoms with Gasteiger partial charge in [-0.25, -0.2) is 8.42 Å². The van der Waals surface area contributed by atoms with Crippen LogP contribution in [0.4, 0.5) is 5.69 Å². The maximum Gasteiger partial charge on any atom is 0.193 e. The number of aliphatic imine (C=N–C) groups is 1. The number of hydrogen-bond donors (Lipinski definition) is 2. The maximum atomic E-state index is 12.5. The Hall–Kier alpha value is -1.61. The molecule has 7 heteroatoms. The van der Waals surface area contributed by atoms with Crippen LogP contribution in [-0.4, -0.2) is 26.7 Å². The molecular weight excluding hydrogens is 497 g/mol. The van der Waals surface area contributed by atoms with Gasteiger partial charge in [0, 0.05) is 5.69 Å². The number of benzene rings is 2. The minimum atomic E-state index is -3.39. The number of aryl methyl sites for hydroxylation is 2. The van der Waals surface area contributed by atoms with Gasteiger partial charge < -0.3 is 11.1 Å². The van der Waals surface area contributed by atoms with Crippen molar-refractivity contribution < 1.29 is 8.42 Å². The molecule has 5 nitrogen and oxygen atoms in total. The van der Waals surface area contributed by atoms with Gasteiger partial charge in [-0.1, -0.05) is 39.0 Å². The van der Waals surface area contributed by atoms with Crippen LogP contribution >= 0.6 is 24.0 Å². The Morgan fingerprint density at radius 3 is 2.38 bits per heavy atom. The first-order valence-corrected chi connectivity index (χ1v) is 11.3. The topological polar surface area (TPSA) is 84.5 Å². The SMILES string of the molecule is CC(C)(C)c1ccc(S(=O)(=O)CCN=C(N)Nc2ccc3c(c2)CCC3)cc1.I. The third-order valence-electron chi connectivity index (χ3n) is 5.09. The summed E-state index contributed by atoms with van der Waals surface area (Å²) in [6.45, 7) is 6.42. The highest BCUT2D eigenvalue weighted by atomic mass is 127. The zero-order valence-electron chi connectivity index (χ0n) is 17.2. The van der Waals surface area contributed by atoms with Gasteiger partial charge in [-0.15, -0.1) is 24.0 Å². The molecule has 0 aliphatic heterocycles. The molecule has 0 unspecified atom stereocenters. The summed E-state index contributed by atoms with van der Waals surface area (Å²) in [7, 11) is -3.39. The van der Waals surface area contributed by atoms with E-state index in [1.165, 1.54) is 17.5 Å². The lowest BCUT2D eigenvalue weighted by atomic mass is 9.87. The molecule has 0 amide bonds. The number of nitrogens with zero attached hydrogens (tertiary/aromatic N) is 1. The van der Waals surface area contributed by atoms with Gasteiger partial charge in [-0.2, -0.15) is 0 Å². The Morgan fingerprint density at radius 2 is 1.72 bits per heavy atom. The Balaban J connectivity index is 0.00000300. The summed E-state index contributed by atoms with van der Waals surface area (Å²) in [6, 6.07) is 13.3. The molecule has 3 rings (SSSR count). The normalized spacial score (nSPS) is 14.2. The highest BCUT2D eigenvalue weighted by molar-refractivity contribution is 14.0. The van der Waals surface area contributed by atoms with Crippen molar-refractivity contribution in [3.8, 4) is 0 Å². The van der Waals surface area contributed by atoms with Gasteiger partial charge in [0.1, 0.15) is 0 Å². The minimum Gasteiger partial charge on any atom is -0.370 e. The van der Waals surface area contributed by atoms with E-state index in [0.29, 0.717) is 4.90 Å². The zero-order valence-corrected chi connectivity index (χ0v) is 20.4. The molecule has 3 N–H and O–H groups in total. The fourth-order valence-corrected chi connectivity index (χ4v) is 4.52. The van der Waals surface area contributed by atoms with Gasteiger partial charge in [-0.05, 0) is 65.6 Å². The molecule has 0 heterocycles. The van der Waals surface area contributed by atoms with Crippen molar-refractivity contribution in [2.75, 3.05) is 17.6 Å². The summed E-state index contributed by atoms with van der Waals surface area (Å²) < 4.78 is 25.1. The first-order valence-electron chi connectivity index (χ1n) is 9.67. The molecular formula is C22H30IN3O2S. The average Bonchev–Trinajstić information content (AvgIpc) is 3.08. The second kappa shape index (κ2) is 9.47. The second-order valence-corrected chi connectivity index (χ2v) is 10.4. The van der Waals surface area contributed by atoms with E-state index in [-0.39, 0.29) is 47.6 Å². The van der Waals surface area contributed by atoms with Crippen molar-refractivity contribution in [2.24, 2.45) is 10.7 Å². The fourth-order valence-electron chi connectivity index (χ4n) is 3.40. The van der Waals surface area contributed by atoms with Crippen molar-refractivity contribution in [1.82, 2.24) is 0 Å². The first-order chi connectivity index (χ1) is 13.1. The van der Waals surface area contributed by atoms with Crippen LogP contribution in [0.25, 0.3) is 0 Å².